The van der Waals surface area contributed by atoms with Crippen LogP contribution in [0.1, 0.15) is 11.1 Å². The molecule has 1 N–H and O–H groups in total. The van der Waals surface area contributed by atoms with Gasteiger partial charge in [0.05, 0.1) is 23.1 Å². The minimum absolute atomic E-state index is 0.0179. The molecule has 1 amide bonds. The standard InChI is InChI=1S/C18H17F2N3O4S/c1-23(28(25,26)16-7-5-13(10-21)6-8-16)12-17(24)22-11-14-3-2-4-15(9-14)27-18(19)20/h2-9,18H,11-12H2,1H3,(H,22,24). The molecule has 0 heterocycles. The summed E-state index contributed by atoms with van der Waals surface area (Å²) in [6.45, 7) is -3.37. The van der Waals surface area contributed by atoms with Gasteiger partial charge in [-0.3, -0.25) is 4.79 Å². The van der Waals surface area contributed by atoms with E-state index in [1.807, 2.05) is 6.07 Å². The molecule has 0 bridgehead atoms. The Kier molecular flexibility index (Phi) is 7.03. The van der Waals surface area contributed by atoms with Gasteiger partial charge in [-0.25, -0.2) is 8.42 Å². The molecular formula is C18H17F2N3O4S. The van der Waals surface area contributed by atoms with Gasteiger partial charge in [0.15, 0.2) is 0 Å². The van der Waals surface area contributed by atoms with Crippen LogP contribution in [0, 0.1) is 11.3 Å². The number of rotatable bonds is 8. The first kappa shape index (κ1) is 21.3. The largest absolute Gasteiger partial charge is 0.435 e. The summed E-state index contributed by atoms with van der Waals surface area (Å²) in [5.41, 5.74) is 0.835. The third-order valence-electron chi connectivity index (χ3n) is 3.67. The molecule has 0 aliphatic heterocycles. The Balaban J connectivity index is 1.95. The number of nitriles is 1. The van der Waals surface area contributed by atoms with Gasteiger partial charge in [0.1, 0.15) is 5.75 Å². The van der Waals surface area contributed by atoms with Crippen molar-refractivity contribution in [1.82, 2.24) is 9.62 Å². The molecule has 0 fully saturated rings. The normalized spacial score (nSPS) is 11.3. The van der Waals surface area contributed by atoms with Gasteiger partial charge in [-0.05, 0) is 42.0 Å². The highest BCUT2D eigenvalue weighted by molar-refractivity contribution is 7.89. The second-order valence-electron chi connectivity index (χ2n) is 5.70. The third-order valence-corrected chi connectivity index (χ3v) is 5.49. The van der Waals surface area contributed by atoms with Gasteiger partial charge < -0.3 is 10.1 Å². The zero-order valence-corrected chi connectivity index (χ0v) is 15.6. The summed E-state index contributed by atoms with van der Waals surface area (Å²) < 4.78 is 54.6. The molecule has 0 saturated heterocycles. The number of amides is 1. The van der Waals surface area contributed by atoms with Crippen molar-refractivity contribution in [2.24, 2.45) is 0 Å². The van der Waals surface area contributed by atoms with Gasteiger partial charge in [0.2, 0.25) is 15.9 Å². The molecule has 2 aromatic carbocycles. The van der Waals surface area contributed by atoms with E-state index in [4.69, 9.17) is 5.26 Å². The molecule has 0 saturated carbocycles. The molecule has 0 aliphatic carbocycles. The van der Waals surface area contributed by atoms with Crippen LogP contribution in [0.15, 0.2) is 53.4 Å². The SMILES string of the molecule is CN(CC(=O)NCc1cccc(OC(F)F)c1)S(=O)(=O)c1ccc(C#N)cc1. The van der Waals surface area contributed by atoms with E-state index in [1.165, 1.54) is 49.5 Å². The lowest BCUT2D eigenvalue weighted by Gasteiger charge is -2.17. The van der Waals surface area contributed by atoms with E-state index < -0.39 is 29.1 Å². The fraction of sp³-hybridized carbons (Fsp3) is 0.222. The average molecular weight is 409 g/mol. The maximum atomic E-state index is 12.5. The number of hydrogen-bond donors (Lipinski definition) is 1. The molecule has 28 heavy (non-hydrogen) atoms. The van der Waals surface area contributed by atoms with Crippen molar-refractivity contribution in [1.29, 1.82) is 5.26 Å². The molecule has 0 radical (unpaired) electrons. The van der Waals surface area contributed by atoms with Crippen LogP contribution in [-0.4, -0.2) is 38.8 Å². The first-order chi connectivity index (χ1) is 13.2. The minimum atomic E-state index is -3.90. The van der Waals surface area contributed by atoms with Gasteiger partial charge in [-0.2, -0.15) is 18.3 Å². The quantitative estimate of drug-likeness (QED) is 0.720. The van der Waals surface area contributed by atoms with Crippen molar-refractivity contribution in [3.8, 4) is 11.8 Å². The van der Waals surface area contributed by atoms with Crippen LogP contribution >= 0.6 is 0 Å². The molecule has 148 valence electrons. The summed E-state index contributed by atoms with van der Waals surface area (Å²) in [5, 5.41) is 11.3. The van der Waals surface area contributed by atoms with E-state index in [0.29, 0.717) is 11.1 Å². The van der Waals surface area contributed by atoms with Gasteiger partial charge in [-0.15, -0.1) is 0 Å². The average Bonchev–Trinajstić information content (AvgIpc) is 2.66. The second-order valence-corrected chi connectivity index (χ2v) is 7.74. The highest BCUT2D eigenvalue weighted by Gasteiger charge is 2.22. The number of nitrogens with one attached hydrogen (secondary N) is 1. The van der Waals surface area contributed by atoms with Gasteiger partial charge in [0, 0.05) is 13.6 Å². The van der Waals surface area contributed by atoms with Crippen LogP contribution in [0.4, 0.5) is 8.78 Å². The Morgan fingerprint density at radius 2 is 1.93 bits per heavy atom. The van der Waals surface area contributed by atoms with Gasteiger partial charge in [-0.1, -0.05) is 12.1 Å². The monoisotopic (exact) mass is 409 g/mol. The number of nitrogens with zero attached hydrogens (tertiary/aromatic N) is 2. The summed E-state index contributed by atoms with van der Waals surface area (Å²) in [6.07, 6.45) is 0. The number of carbonyl (C=O) groups excluding carboxylic acids is 1. The number of likely N-dealkylation sites (N-methyl/N-ethyl adjacent to an activating group) is 1. The Morgan fingerprint density at radius 3 is 2.54 bits per heavy atom. The predicted molar refractivity (Wildman–Crippen MR) is 95.9 cm³/mol. The number of hydrogen-bond acceptors (Lipinski definition) is 5. The Labute approximate surface area is 161 Å². The third kappa shape index (κ3) is 5.73. The predicted octanol–water partition coefficient (Wildman–Crippen LogP) is 2.10. The summed E-state index contributed by atoms with van der Waals surface area (Å²) in [4.78, 5) is 12.0. The Hall–Kier alpha value is -3.03. The molecule has 0 aromatic heterocycles. The number of carbonyl (C=O) groups is 1. The van der Waals surface area contributed by atoms with E-state index in [1.54, 1.807) is 6.07 Å². The smallest absolute Gasteiger partial charge is 0.387 e. The van der Waals surface area contributed by atoms with E-state index in [2.05, 4.69) is 10.1 Å². The van der Waals surface area contributed by atoms with E-state index in [0.717, 1.165) is 4.31 Å². The van der Waals surface area contributed by atoms with Crippen molar-refractivity contribution >= 4 is 15.9 Å². The molecule has 0 spiro atoms. The molecule has 0 atom stereocenters. The molecular weight excluding hydrogens is 392 g/mol. The summed E-state index contributed by atoms with van der Waals surface area (Å²) in [5.74, 6) is -0.609. The highest BCUT2D eigenvalue weighted by Crippen LogP contribution is 2.16. The van der Waals surface area contributed by atoms with Crippen LogP contribution in [0.25, 0.3) is 0 Å². The van der Waals surface area contributed by atoms with E-state index in [9.17, 15) is 22.0 Å². The molecule has 10 heteroatoms. The zero-order valence-electron chi connectivity index (χ0n) is 14.8. The second kappa shape index (κ2) is 9.25. The lowest BCUT2D eigenvalue weighted by molar-refractivity contribution is -0.121. The maximum Gasteiger partial charge on any atom is 0.387 e. The van der Waals surface area contributed by atoms with Crippen LogP contribution in [-0.2, 0) is 21.4 Å². The zero-order chi connectivity index (χ0) is 20.7. The van der Waals surface area contributed by atoms with Gasteiger partial charge >= 0.3 is 6.61 Å². The molecule has 7 nitrogen and oxygen atoms in total. The Bertz CT molecular complexity index is 973. The van der Waals surface area contributed by atoms with Crippen molar-refractivity contribution in [3.63, 3.8) is 0 Å². The highest BCUT2D eigenvalue weighted by atomic mass is 32.2. The van der Waals surface area contributed by atoms with Gasteiger partial charge in [0.25, 0.3) is 0 Å². The fourth-order valence-corrected chi connectivity index (χ4v) is 3.38. The van der Waals surface area contributed by atoms with Crippen molar-refractivity contribution in [3.05, 3.63) is 59.7 Å². The maximum absolute atomic E-state index is 12.5. The van der Waals surface area contributed by atoms with Crippen LogP contribution in [0.5, 0.6) is 5.75 Å². The lowest BCUT2D eigenvalue weighted by Crippen LogP contribution is -2.38. The minimum Gasteiger partial charge on any atom is -0.435 e. The fourth-order valence-electron chi connectivity index (χ4n) is 2.26. The summed E-state index contributed by atoms with van der Waals surface area (Å²) in [7, 11) is -2.65. The summed E-state index contributed by atoms with van der Waals surface area (Å²) >= 11 is 0. The number of halogens is 2. The molecule has 0 aliphatic rings. The van der Waals surface area contributed by atoms with E-state index >= 15 is 0 Å². The van der Waals surface area contributed by atoms with Crippen molar-refractivity contribution in [2.75, 3.05) is 13.6 Å². The number of benzene rings is 2. The van der Waals surface area contributed by atoms with Crippen molar-refractivity contribution < 1.29 is 26.7 Å². The first-order valence-corrected chi connectivity index (χ1v) is 9.43. The topological polar surface area (TPSA) is 99.5 Å². The van der Waals surface area contributed by atoms with E-state index in [-0.39, 0.29) is 17.2 Å². The first-order valence-electron chi connectivity index (χ1n) is 7.99. The number of sulfonamides is 1. The lowest BCUT2D eigenvalue weighted by atomic mass is 10.2. The van der Waals surface area contributed by atoms with Crippen LogP contribution in [0.2, 0.25) is 0 Å². The number of ether oxygens (including phenoxy) is 1. The van der Waals surface area contributed by atoms with Crippen LogP contribution < -0.4 is 10.1 Å². The molecule has 2 aromatic rings. The van der Waals surface area contributed by atoms with Crippen LogP contribution in [0.3, 0.4) is 0 Å². The number of alkyl halides is 2. The summed E-state index contributed by atoms with van der Waals surface area (Å²) in [6, 6.07) is 13.0. The van der Waals surface area contributed by atoms with Crippen molar-refractivity contribution in [2.45, 2.75) is 18.1 Å². The molecule has 0 unspecified atom stereocenters. The molecule has 2 rings (SSSR count). The Morgan fingerprint density at radius 1 is 1.25 bits per heavy atom.